The van der Waals surface area contributed by atoms with Gasteiger partial charge in [0.25, 0.3) is 0 Å². The quantitative estimate of drug-likeness (QED) is 0.361. The predicted molar refractivity (Wildman–Crippen MR) is 146 cm³/mol. The Morgan fingerprint density at radius 3 is 2.54 bits per heavy atom. The standard InChI is InChI=1S/C25H31BrN4O3S2/c1-4-28(5-2)15-16-29(25-27-21-13-10-19(26)17-23(21)34-25)24(31)22-7-6-14-30(22)35(32,33)20-11-8-18(3)9-12-20/h8-13,17,22H,4-7,14-16H2,1-3H3. The van der Waals surface area contributed by atoms with Gasteiger partial charge in [-0.25, -0.2) is 13.4 Å². The van der Waals surface area contributed by atoms with E-state index in [9.17, 15) is 13.2 Å². The number of nitrogens with zero attached hydrogens (tertiary/aromatic N) is 4. The van der Waals surface area contributed by atoms with Crippen molar-refractivity contribution < 1.29 is 13.2 Å². The van der Waals surface area contributed by atoms with E-state index in [2.05, 4.69) is 34.7 Å². The van der Waals surface area contributed by atoms with Gasteiger partial charge in [0.15, 0.2) is 5.13 Å². The number of hydrogen-bond donors (Lipinski definition) is 0. The molecule has 0 radical (unpaired) electrons. The summed E-state index contributed by atoms with van der Waals surface area (Å²) in [6, 6.07) is 11.9. The molecule has 35 heavy (non-hydrogen) atoms. The summed E-state index contributed by atoms with van der Waals surface area (Å²) in [5.41, 5.74) is 1.81. The molecular weight excluding hydrogens is 548 g/mol. The van der Waals surface area contributed by atoms with Crippen LogP contribution in [-0.4, -0.2) is 67.3 Å². The SMILES string of the molecule is CCN(CC)CCN(C(=O)C1CCCN1S(=O)(=O)c1ccc(C)cc1)c1nc2ccc(Br)cc2s1. The van der Waals surface area contributed by atoms with Crippen molar-refractivity contribution in [1.29, 1.82) is 0 Å². The summed E-state index contributed by atoms with van der Waals surface area (Å²) in [4.78, 5) is 22.9. The number of amides is 1. The fourth-order valence-electron chi connectivity index (χ4n) is 4.38. The molecule has 0 saturated carbocycles. The molecule has 0 spiro atoms. The maximum atomic E-state index is 14.0. The third kappa shape index (κ3) is 5.61. The molecule has 188 valence electrons. The maximum Gasteiger partial charge on any atom is 0.247 e. The number of fused-ring (bicyclic) bond motifs is 1. The van der Waals surface area contributed by atoms with Gasteiger partial charge in [0, 0.05) is 24.1 Å². The van der Waals surface area contributed by atoms with Crippen LogP contribution in [0.1, 0.15) is 32.3 Å². The summed E-state index contributed by atoms with van der Waals surface area (Å²) < 4.78 is 30.3. The second-order valence-corrected chi connectivity index (χ2v) is 12.5. The van der Waals surface area contributed by atoms with Gasteiger partial charge < -0.3 is 4.90 Å². The van der Waals surface area contributed by atoms with Gasteiger partial charge in [0.2, 0.25) is 15.9 Å². The smallest absolute Gasteiger partial charge is 0.247 e. The van der Waals surface area contributed by atoms with Crippen molar-refractivity contribution >= 4 is 58.5 Å². The zero-order valence-electron chi connectivity index (χ0n) is 20.3. The highest BCUT2D eigenvalue weighted by Gasteiger charge is 2.42. The highest BCUT2D eigenvalue weighted by atomic mass is 79.9. The van der Waals surface area contributed by atoms with Crippen LogP contribution >= 0.6 is 27.3 Å². The number of aryl methyl sites for hydroxylation is 1. The molecular formula is C25H31BrN4O3S2. The Balaban J connectivity index is 1.67. The number of aromatic nitrogens is 1. The van der Waals surface area contributed by atoms with Gasteiger partial charge in [-0.05, 0) is 63.2 Å². The van der Waals surface area contributed by atoms with E-state index in [-0.39, 0.29) is 10.8 Å². The number of rotatable bonds is 9. The van der Waals surface area contributed by atoms with Crippen molar-refractivity contribution in [3.63, 3.8) is 0 Å². The summed E-state index contributed by atoms with van der Waals surface area (Å²) in [5, 5.41) is 0.606. The van der Waals surface area contributed by atoms with Crippen LogP contribution in [0.4, 0.5) is 5.13 Å². The number of likely N-dealkylation sites (N-methyl/N-ethyl adjacent to an activating group) is 1. The molecule has 1 aliphatic rings. The molecule has 2 heterocycles. The number of carbonyl (C=O) groups excluding carboxylic acids is 1. The number of thiazole rings is 1. The molecule has 0 aliphatic carbocycles. The Hall–Kier alpha value is -1.85. The van der Waals surface area contributed by atoms with E-state index < -0.39 is 16.1 Å². The molecule has 1 aromatic heterocycles. The minimum absolute atomic E-state index is 0.205. The molecule has 1 amide bonds. The van der Waals surface area contributed by atoms with E-state index in [4.69, 9.17) is 4.98 Å². The molecule has 1 saturated heterocycles. The molecule has 0 N–H and O–H groups in total. The summed E-state index contributed by atoms with van der Waals surface area (Å²) in [7, 11) is -3.78. The average molecular weight is 580 g/mol. The van der Waals surface area contributed by atoms with Crippen molar-refractivity contribution in [2.24, 2.45) is 0 Å². The first-order chi connectivity index (χ1) is 16.7. The van der Waals surface area contributed by atoms with Crippen LogP contribution in [-0.2, 0) is 14.8 Å². The molecule has 10 heteroatoms. The van der Waals surface area contributed by atoms with Crippen LogP contribution in [0.5, 0.6) is 0 Å². The van der Waals surface area contributed by atoms with Gasteiger partial charge in [0.05, 0.1) is 15.1 Å². The number of sulfonamides is 1. The zero-order valence-corrected chi connectivity index (χ0v) is 23.5. The fraction of sp³-hybridized carbons (Fsp3) is 0.440. The molecule has 1 fully saturated rings. The Morgan fingerprint density at radius 2 is 1.86 bits per heavy atom. The van der Waals surface area contributed by atoms with E-state index in [1.165, 1.54) is 15.6 Å². The third-order valence-corrected chi connectivity index (χ3v) is 9.94. The number of carbonyl (C=O) groups is 1. The zero-order chi connectivity index (χ0) is 25.2. The van der Waals surface area contributed by atoms with Gasteiger partial charge in [-0.1, -0.05) is 58.8 Å². The number of anilines is 1. The van der Waals surface area contributed by atoms with Crippen molar-refractivity contribution in [1.82, 2.24) is 14.2 Å². The van der Waals surface area contributed by atoms with Crippen LogP contribution in [0.25, 0.3) is 10.2 Å². The largest absolute Gasteiger partial charge is 0.302 e. The normalized spacial score (nSPS) is 16.9. The minimum Gasteiger partial charge on any atom is -0.302 e. The molecule has 1 aliphatic heterocycles. The van der Waals surface area contributed by atoms with Crippen LogP contribution in [0.15, 0.2) is 51.8 Å². The Morgan fingerprint density at radius 1 is 1.14 bits per heavy atom. The second-order valence-electron chi connectivity index (χ2n) is 8.71. The Kier molecular flexibility index (Phi) is 8.27. The molecule has 3 aromatic rings. The van der Waals surface area contributed by atoms with Gasteiger partial charge in [-0.15, -0.1) is 0 Å². The van der Waals surface area contributed by atoms with Crippen molar-refractivity contribution in [2.75, 3.05) is 37.6 Å². The monoisotopic (exact) mass is 578 g/mol. The molecule has 1 unspecified atom stereocenters. The third-order valence-electron chi connectivity index (χ3n) is 6.49. The van der Waals surface area contributed by atoms with Crippen molar-refractivity contribution in [3.8, 4) is 0 Å². The first-order valence-electron chi connectivity index (χ1n) is 11.9. The van der Waals surface area contributed by atoms with Gasteiger partial charge in [-0.3, -0.25) is 9.69 Å². The number of benzene rings is 2. The molecule has 2 aromatic carbocycles. The van der Waals surface area contributed by atoms with Crippen molar-refractivity contribution in [3.05, 3.63) is 52.5 Å². The van der Waals surface area contributed by atoms with Crippen LogP contribution in [0.3, 0.4) is 0 Å². The summed E-state index contributed by atoms with van der Waals surface area (Å²) in [6.07, 6.45) is 1.15. The maximum absolute atomic E-state index is 14.0. The molecule has 7 nitrogen and oxygen atoms in total. The lowest BCUT2D eigenvalue weighted by Gasteiger charge is -2.30. The first-order valence-corrected chi connectivity index (χ1v) is 15.0. The van der Waals surface area contributed by atoms with Gasteiger partial charge in [-0.2, -0.15) is 4.31 Å². The molecule has 0 bridgehead atoms. The fourth-order valence-corrected chi connectivity index (χ4v) is 7.58. The van der Waals surface area contributed by atoms with Crippen LogP contribution < -0.4 is 4.90 Å². The lowest BCUT2D eigenvalue weighted by atomic mass is 10.2. The average Bonchev–Trinajstić information content (AvgIpc) is 3.49. The minimum atomic E-state index is -3.78. The Labute approximate surface area is 219 Å². The van der Waals surface area contributed by atoms with Gasteiger partial charge >= 0.3 is 0 Å². The molecule has 4 rings (SSSR count). The predicted octanol–water partition coefficient (Wildman–Crippen LogP) is 4.90. The lowest BCUT2D eigenvalue weighted by Crippen LogP contribution is -2.49. The summed E-state index contributed by atoms with van der Waals surface area (Å²) in [6.45, 7) is 9.35. The van der Waals surface area contributed by atoms with Crippen molar-refractivity contribution in [2.45, 2.75) is 44.6 Å². The number of halogens is 1. The van der Waals surface area contributed by atoms with E-state index in [0.29, 0.717) is 37.6 Å². The van der Waals surface area contributed by atoms with E-state index >= 15 is 0 Å². The highest BCUT2D eigenvalue weighted by molar-refractivity contribution is 9.10. The summed E-state index contributed by atoms with van der Waals surface area (Å²) in [5.74, 6) is -0.205. The van der Waals surface area contributed by atoms with E-state index in [0.717, 1.165) is 33.3 Å². The van der Waals surface area contributed by atoms with E-state index in [1.54, 1.807) is 29.2 Å². The van der Waals surface area contributed by atoms with Crippen LogP contribution in [0, 0.1) is 6.92 Å². The molecule has 1 atom stereocenters. The second kappa shape index (κ2) is 11.0. The topological polar surface area (TPSA) is 73.8 Å². The highest BCUT2D eigenvalue weighted by Crippen LogP contribution is 2.33. The summed E-state index contributed by atoms with van der Waals surface area (Å²) >= 11 is 4.96. The van der Waals surface area contributed by atoms with Crippen LogP contribution in [0.2, 0.25) is 0 Å². The first kappa shape index (κ1) is 26.2. The van der Waals surface area contributed by atoms with Gasteiger partial charge in [0.1, 0.15) is 6.04 Å². The Bertz CT molecular complexity index is 1290. The number of hydrogen-bond acceptors (Lipinski definition) is 6. The van der Waals surface area contributed by atoms with E-state index in [1.807, 2.05) is 25.1 Å². The lowest BCUT2D eigenvalue weighted by molar-refractivity contribution is -0.121.